The molecule has 2 amide bonds. The number of nitrogens with one attached hydrogen (secondary N) is 1. The number of benzene rings is 1. The van der Waals surface area contributed by atoms with Crippen LogP contribution in [-0.2, 0) is 9.59 Å². The van der Waals surface area contributed by atoms with E-state index in [0.29, 0.717) is 17.2 Å². The highest BCUT2D eigenvalue weighted by Gasteiger charge is 2.25. The Kier molecular flexibility index (Phi) is 3.36. The molecule has 0 aliphatic carbocycles. The normalized spacial score (nSPS) is 15.3. The average molecular weight is 250 g/mol. The van der Waals surface area contributed by atoms with Gasteiger partial charge in [-0.25, -0.2) is 0 Å². The monoisotopic (exact) mass is 250 g/mol. The third-order valence-corrected chi connectivity index (χ3v) is 2.72. The Morgan fingerprint density at radius 2 is 1.89 bits per heavy atom. The summed E-state index contributed by atoms with van der Waals surface area (Å²) < 4.78 is 10.3. The molecule has 0 radical (unpaired) electrons. The summed E-state index contributed by atoms with van der Waals surface area (Å²) in [5, 5.41) is 2.50. The molecule has 1 N–H and O–H groups in total. The van der Waals surface area contributed by atoms with E-state index in [4.69, 9.17) is 9.47 Å². The van der Waals surface area contributed by atoms with Crippen molar-refractivity contribution >= 4 is 17.5 Å². The summed E-state index contributed by atoms with van der Waals surface area (Å²) in [4.78, 5) is 24.5. The van der Waals surface area contributed by atoms with Gasteiger partial charge >= 0.3 is 0 Å². The quantitative estimate of drug-likeness (QED) is 0.830. The highest BCUT2D eigenvalue weighted by Crippen LogP contribution is 2.31. The number of ether oxygens (including phenoxy) is 2. The van der Waals surface area contributed by atoms with Gasteiger partial charge in [0.05, 0.1) is 20.8 Å². The van der Waals surface area contributed by atoms with E-state index in [9.17, 15) is 9.59 Å². The summed E-state index contributed by atoms with van der Waals surface area (Å²) in [7, 11) is 3.06. The van der Waals surface area contributed by atoms with Crippen LogP contribution in [0.4, 0.5) is 5.69 Å². The fourth-order valence-electron chi connectivity index (χ4n) is 1.79. The van der Waals surface area contributed by atoms with Crippen molar-refractivity contribution in [1.82, 2.24) is 5.32 Å². The number of methoxy groups -OCH3 is 2. The molecular weight excluding hydrogens is 236 g/mol. The standard InChI is InChI=1S/C12H14N2O4/c1-17-9-4-3-8(5-10(9)18-2)14-7-11(15)13-6-12(14)16/h3-5H,6-7H2,1-2H3,(H,13,15). The molecule has 6 nitrogen and oxygen atoms in total. The van der Waals surface area contributed by atoms with E-state index < -0.39 is 0 Å². The second kappa shape index (κ2) is 4.95. The third kappa shape index (κ3) is 2.22. The van der Waals surface area contributed by atoms with Gasteiger partial charge in [-0.1, -0.05) is 0 Å². The summed E-state index contributed by atoms with van der Waals surface area (Å²) >= 11 is 0. The van der Waals surface area contributed by atoms with Crippen molar-refractivity contribution < 1.29 is 19.1 Å². The van der Waals surface area contributed by atoms with Crippen LogP contribution >= 0.6 is 0 Å². The van der Waals surface area contributed by atoms with Crippen LogP contribution in [0.1, 0.15) is 0 Å². The molecule has 0 spiro atoms. The first-order chi connectivity index (χ1) is 8.65. The number of carbonyl (C=O) groups is 2. The van der Waals surface area contributed by atoms with Gasteiger partial charge in [-0.05, 0) is 12.1 Å². The molecule has 1 fully saturated rings. The van der Waals surface area contributed by atoms with E-state index in [-0.39, 0.29) is 24.9 Å². The highest BCUT2D eigenvalue weighted by atomic mass is 16.5. The fraction of sp³-hybridized carbons (Fsp3) is 0.333. The number of hydrogen-bond acceptors (Lipinski definition) is 4. The topological polar surface area (TPSA) is 67.9 Å². The summed E-state index contributed by atoms with van der Waals surface area (Å²) in [5.41, 5.74) is 0.618. The number of carbonyl (C=O) groups excluding carboxylic acids is 2. The van der Waals surface area contributed by atoms with Crippen LogP contribution in [0.2, 0.25) is 0 Å². The predicted octanol–water partition coefficient (Wildman–Crippen LogP) is 0.167. The Morgan fingerprint density at radius 3 is 2.56 bits per heavy atom. The maximum Gasteiger partial charge on any atom is 0.246 e. The molecule has 1 saturated heterocycles. The molecule has 0 aromatic heterocycles. The summed E-state index contributed by atoms with van der Waals surface area (Å²) in [6.07, 6.45) is 0. The number of amides is 2. The van der Waals surface area contributed by atoms with Crippen LogP contribution in [0.3, 0.4) is 0 Å². The lowest BCUT2D eigenvalue weighted by Gasteiger charge is -2.27. The van der Waals surface area contributed by atoms with Crippen molar-refractivity contribution in [3.8, 4) is 11.5 Å². The van der Waals surface area contributed by atoms with Gasteiger partial charge in [-0.2, -0.15) is 0 Å². The molecule has 1 aromatic rings. The Morgan fingerprint density at radius 1 is 1.17 bits per heavy atom. The first-order valence-electron chi connectivity index (χ1n) is 5.45. The zero-order chi connectivity index (χ0) is 13.1. The molecule has 96 valence electrons. The molecule has 1 aliphatic rings. The maximum atomic E-state index is 11.7. The van der Waals surface area contributed by atoms with Crippen LogP contribution in [0.25, 0.3) is 0 Å². The molecular formula is C12H14N2O4. The molecule has 18 heavy (non-hydrogen) atoms. The first kappa shape index (κ1) is 12.2. The fourth-order valence-corrected chi connectivity index (χ4v) is 1.79. The van der Waals surface area contributed by atoms with Gasteiger partial charge in [-0.15, -0.1) is 0 Å². The van der Waals surface area contributed by atoms with Gasteiger partial charge in [0.15, 0.2) is 11.5 Å². The smallest absolute Gasteiger partial charge is 0.246 e. The van der Waals surface area contributed by atoms with Gasteiger partial charge < -0.3 is 19.7 Å². The number of rotatable bonds is 3. The van der Waals surface area contributed by atoms with Crippen molar-refractivity contribution in [2.24, 2.45) is 0 Å². The Bertz CT molecular complexity index is 487. The number of hydrogen-bond donors (Lipinski definition) is 1. The van der Waals surface area contributed by atoms with E-state index >= 15 is 0 Å². The van der Waals surface area contributed by atoms with Gasteiger partial charge in [-0.3, -0.25) is 9.59 Å². The zero-order valence-corrected chi connectivity index (χ0v) is 10.2. The third-order valence-electron chi connectivity index (χ3n) is 2.72. The van der Waals surface area contributed by atoms with Crippen molar-refractivity contribution in [3.63, 3.8) is 0 Å². The predicted molar refractivity (Wildman–Crippen MR) is 64.9 cm³/mol. The number of anilines is 1. The second-order valence-corrected chi connectivity index (χ2v) is 3.80. The summed E-state index contributed by atoms with van der Waals surface area (Å²) in [6, 6.07) is 5.10. The van der Waals surface area contributed by atoms with Crippen molar-refractivity contribution in [2.45, 2.75) is 0 Å². The Labute approximate surface area is 104 Å². The molecule has 0 bridgehead atoms. The Balaban J connectivity index is 2.32. The van der Waals surface area contributed by atoms with Gasteiger partial charge in [0, 0.05) is 11.8 Å². The zero-order valence-electron chi connectivity index (χ0n) is 10.2. The van der Waals surface area contributed by atoms with Crippen molar-refractivity contribution in [2.75, 3.05) is 32.2 Å². The number of nitrogens with zero attached hydrogens (tertiary/aromatic N) is 1. The van der Waals surface area contributed by atoms with Crippen LogP contribution in [0, 0.1) is 0 Å². The van der Waals surface area contributed by atoms with Gasteiger partial charge in [0.25, 0.3) is 0 Å². The van der Waals surface area contributed by atoms with E-state index in [1.54, 1.807) is 18.2 Å². The van der Waals surface area contributed by atoms with Crippen LogP contribution in [-0.4, -0.2) is 39.1 Å². The van der Waals surface area contributed by atoms with E-state index in [2.05, 4.69) is 5.32 Å². The molecule has 0 atom stereocenters. The van der Waals surface area contributed by atoms with Crippen LogP contribution in [0.5, 0.6) is 11.5 Å². The minimum Gasteiger partial charge on any atom is -0.493 e. The maximum absolute atomic E-state index is 11.7. The van der Waals surface area contributed by atoms with Crippen LogP contribution in [0.15, 0.2) is 18.2 Å². The van der Waals surface area contributed by atoms with E-state index in [1.165, 1.54) is 19.1 Å². The SMILES string of the molecule is COc1ccc(N2CC(=O)NCC2=O)cc1OC. The van der Waals surface area contributed by atoms with Gasteiger partial charge in [0.2, 0.25) is 11.8 Å². The molecule has 2 rings (SSSR count). The lowest BCUT2D eigenvalue weighted by atomic mass is 10.2. The van der Waals surface area contributed by atoms with Crippen LogP contribution < -0.4 is 19.7 Å². The number of piperazine rings is 1. The first-order valence-corrected chi connectivity index (χ1v) is 5.45. The van der Waals surface area contributed by atoms with E-state index in [0.717, 1.165) is 0 Å². The molecule has 0 unspecified atom stereocenters. The summed E-state index contributed by atoms with van der Waals surface area (Å²) in [6.45, 7) is 0.0431. The van der Waals surface area contributed by atoms with Crippen molar-refractivity contribution in [3.05, 3.63) is 18.2 Å². The largest absolute Gasteiger partial charge is 0.493 e. The Hall–Kier alpha value is -2.24. The van der Waals surface area contributed by atoms with Gasteiger partial charge in [0.1, 0.15) is 6.54 Å². The second-order valence-electron chi connectivity index (χ2n) is 3.80. The molecule has 1 heterocycles. The van der Waals surface area contributed by atoms with Crippen molar-refractivity contribution in [1.29, 1.82) is 0 Å². The molecule has 6 heteroatoms. The minimum atomic E-state index is -0.176. The lowest BCUT2D eigenvalue weighted by molar-refractivity contribution is -0.128. The lowest BCUT2D eigenvalue weighted by Crippen LogP contribution is -2.51. The molecule has 0 saturated carbocycles. The highest BCUT2D eigenvalue weighted by molar-refractivity contribution is 6.04. The molecule has 1 aliphatic heterocycles. The van der Waals surface area contributed by atoms with E-state index in [1.807, 2.05) is 0 Å². The molecule has 1 aromatic carbocycles. The summed E-state index contributed by atoms with van der Waals surface area (Å²) in [5.74, 6) is 0.773. The minimum absolute atomic E-state index is 0.0210. The average Bonchev–Trinajstić information content (AvgIpc) is 2.40.